The Morgan fingerprint density at radius 1 is 1.33 bits per heavy atom. The monoisotopic (exact) mass is 264 g/mol. The average molecular weight is 264 g/mol. The van der Waals surface area contributed by atoms with Gasteiger partial charge in [-0.25, -0.2) is 0 Å². The van der Waals surface area contributed by atoms with Gasteiger partial charge in [0.1, 0.15) is 0 Å². The Morgan fingerprint density at radius 2 is 2.00 bits per heavy atom. The number of ether oxygens (including phenoxy) is 1. The van der Waals surface area contributed by atoms with Gasteiger partial charge in [0.2, 0.25) is 0 Å². The Bertz CT molecular complexity index is 371. The second-order valence-electron chi connectivity index (χ2n) is 4.73. The molecule has 1 fully saturated rings. The van der Waals surface area contributed by atoms with E-state index in [-0.39, 0.29) is 11.9 Å². The van der Waals surface area contributed by atoms with Gasteiger partial charge >= 0.3 is 5.97 Å². The summed E-state index contributed by atoms with van der Waals surface area (Å²) in [5, 5.41) is 0.737. The minimum atomic E-state index is -0.123. The molecule has 1 unspecified atom stereocenters. The van der Waals surface area contributed by atoms with Gasteiger partial charge in [-0.2, -0.15) is 11.8 Å². The lowest BCUT2D eigenvalue weighted by atomic mass is 10.0. The lowest BCUT2D eigenvalue weighted by Crippen LogP contribution is -2.17. The molecule has 1 saturated carbocycles. The average Bonchev–Trinajstić information content (AvgIpc) is 2.93. The van der Waals surface area contributed by atoms with Crippen molar-refractivity contribution in [1.82, 2.24) is 0 Å². The zero-order valence-electron chi connectivity index (χ0n) is 10.8. The fourth-order valence-electron chi connectivity index (χ4n) is 2.42. The summed E-state index contributed by atoms with van der Waals surface area (Å²) in [4.78, 5) is 11.9. The molecule has 1 aliphatic rings. The summed E-state index contributed by atoms with van der Waals surface area (Å²) in [6.45, 7) is 0. The van der Waals surface area contributed by atoms with Crippen molar-refractivity contribution in [2.45, 2.75) is 36.9 Å². The van der Waals surface area contributed by atoms with Crippen LogP contribution in [0.3, 0.4) is 0 Å². The topological polar surface area (TPSA) is 26.3 Å². The predicted molar refractivity (Wildman–Crippen MR) is 75.9 cm³/mol. The van der Waals surface area contributed by atoms with Gasteiger partial charge in [-0.15, -0.1) is 0 Å². The lowest BCUT2D eigenvalue weighted by molar-refractivity contribution is -0.141. The molecule has 0 aromatic heterocycles. The molecule has 1 aliphatic carbocycles. The second-order valence-corrected chi connectivity index (χ2v) is 6.06. The Balaban J connectivity index is 1.99. The van der Waals surface area contributed by atoms with Crippen molar-refractivity contribution in [3.05, 3.63) is 35.9 Å². The zero-order valence-corrected chi connectivity index (χ0v) is 11.6. The largest absolute Gasteiger partial charge is 0.469 e. The molecule has 1 atom stereocenters. The van der Waals surface area contributed by atoms with Crippen LogP contribution in [0, 0.1) is 0 Å². The van der Waals surface area contributed by atoms with Crippen LogP contribution in [0.15, 0.2) is 30.3 Å². The number of benzene rings is 1. The zero-order chi connectivity index (χ0) is 12.8. The molecule has 0 bridgehead atoms. The van der Waals surface area contributed by atoms with E-state index in [0.717, 1.165) is 16.6 Å². The summed E-state index contributed by atoms with van der Waals surface area (Å²) >= 11 is 1.93. The summed E-state index contributed by atoms with van der Waals surface area (Å²) < 4.78 is 4.93. The van der Waals surface area contributed by atoms with E-state index >= 15 is 0 Å². The Labute approximate surface area is 113 Å². The van der Waals surface area contributed by atoms with E-state index < -0.39 is 0 Å². The van der Waals surface area contributed by atoms with Crippen LogP contribution in [0.25, 0.3) is 0 Å². The lowest BCUT2D eigenvalue weighted by Gasteiger charge is -2.17. The first-order chi connectivity index (χ1) is 8.81. The highest BCUT2D eigenvalue weighted by Gasteiger charge is 2.24. The van der Waals surface area contributed by atoms with E-state index in [9.17, 15) is 4.79 Å². The SMILES string of the molecule is COC(=O)C(CSC1CCCC1)c1ccccc1. The molecular formula is C15H20O2S. The molecule has 0 heterocycles. The number of hydrogen-bond donors (Lipinski definition) is 0. The van der Waals surface area contributed by atoms with Crippen molar-refractivity contribution < 1.29 is 9.53 Å². The Hall–Kier alpha value is -0.960. The first-order valence-corrected chi connectivity index (χ1v) is 7.60. The quantitative estimate of drug-likeness (QED) is 0.760. The molecule has 0 aliphatic heterocycles. The van der Waals surface area contributed by atoms with Crippen LogP contribution in [-0.2, 0) is 9.53 Å². The number of methoxy groups -OCH3 is 1. The summed E-state index contributed by atoms with van der Waals surface area (Å²) in [5.74, 6) is 0.593. The molecule has 2 nitrogen and oxygen atoms in total. The van der Waals surface area contributed by atoms with Gasteiger partial charge in [0.15, 0.2) is 0 Å². The third kappa shape index (κ3) is 3.52. The van der Waals surface area contributed by atoms with Crippen LogP contribution in [0.5, 0.6) is 0 Å². The van der Waals surface area contributed by atoms with Gasteiger partial charge in [0.25, 0.3) is 0 Å². The first kappa shape index (κ1) is 13.5. The fourth-order valence-corrected chi connectivity index (χ4v) is 3.88. The number of thioether (sulfide) groups is 1. The molecule has 98 valence electrons. The smallest absolute Gasteiger partial charge is 0.313 e. The third-order valence-electron chi connectivity index (χ3n) is 3.49. The molecule has 2 rings (SSSR count). The van der Waals surface area contributed by atoms with Gasteiger partial charge in [-0.1, -0.05) is 43.2 Å². The molecule has 1 aromatic carbocycles. The summed E-state index contributed by atoms with van der Waals surface area (Å²) in [6.07, 6.45) is 5.28. The van der Waals surface area contributed by atoms with Gasteiger partial charge in [-0.05, 0) is 18.4 Å². The predicted octanol–water partition coefficient (Wildman–Crippen LogP) is 3.62. The van der Waals surface area contributed by atoms with E-state index in [1.165, 1.54) is 32.8 Å². The molecule has 3 heteroatoms. The number of carbonyl (C=O) groups excluding carboxylic acids is 1. The van der Waals surface area contributed by atoms with Gasteiger partial charge in [0, 0.05) is 11.0 Å². The van der Waals surface area contributed by atoms with Crippen LogP contribution >= 0.6 is 11.8 Å². The normalized spacial score (nSPS) is 17.6. The minimum absolute atomic E-state index is 0.119. The first-order valence-electron chi connectivity index (χ1n) is 6.55. The number of rotatable bonds is 5. The van der Waals surface area contributed by atoms with E-state index in [4.69, 9.17) is 4.74 Å². The Morgan fingerprint density at radius 3 is 2.61 bits per heavy atom. The van der Waals surface area contributed by atoms with Crippen molar-refractivity contribution >= 4 is 17.7 Å². The standard InChI is InChI=1S/C15H20O2S/c1-17-15(16)14(12-7-3-2-4-8-12)11-18-13-9-5-6-10-13/h2-4,7-8,13-14H,5-6,9-11H2,1H3. The summed E-state index contributed by atoms with van der Waals surface area (Å²) in [5.41, 5.74) is 1.06. The minimum Gasteiger partial charge on any atom is -0.469 e. The number of carbonyl (C=O) groups is 1. The van der Waals surface area contributed by atoms with Crippen LogP contribution in [0.1, 0.15) is 37.2 Å². The number of hydrogen-bond acceptors (Lipinski definition) is 3. The Kier molecular flexibility index (Phi) is 5.12. The number of esters is 1. The van der Waals surface area contributed by atoms with Crippen LogP contribution in [0.4, 0.5) is 0 Å². The summed E-state index contributed by atoms with van der Waals surface area (Å²) in [6, 6.07) is 9.95. The molecule has 18 heavy (non-hydrogen) atoms. The van der Waals surface area contributed by atoms with E-state index in [1.807, 2.05) is 42.1 Å². The third-order valence-corrected chi connectivity index (χ3v) is 4.96. The molecule has 0 radical (unpaired) electrons. The van der Waals surface area contributed by atoms with E-state index in [2.05, 4.69) is 0 Å². The maximum absolute atomic E-state index is 11.9. The maximum atomic E-state index is 11.9. The molecule has 0 N–H and O–H groups in total. The highest BCUT2D eigenvalue weighted by Crippen LogP contribution is 2.33. The highest BCUT2D eigenvalue weighted by atomic mass is 32.2. The van der Waals surface area contributed by atoms with Gasteiger partial charge < -0.3 is 4.74 Å². The molecule has 0 saturated heterocycles. The maximum Gasteiger partial charge on any atom is 0.313 e. The van der Waals surface area contributed by atoms with E-state index in [1.54, 1.807) is 0 Å². The molecular weight excluding hydrogens is 244 g/mol. The van der Waals surface area contributed by atoms with Crippen molar-refractivity contribution in [3.63, 3.8) is 0 Å². The molecule has 0 spiro atoms. The van der Waals surface area contributed by atoms with Gasteiger partial charge in [0.05, 0.1) is 13.0 Å². The summed E-state index contributed by atoms with van der Waals surface area (Å²) in [7, 11) is 1.47. The molecule has 0 amide bonds. The van der Waals surface area contributed by atoms with E-state index in [0.29, 0.717) is 0 Å². The van der Waals surface area contributed by atoms with Gasteiger partial charge in [-0.3, -0.25) is 4.79 Å². The van der Waals surface area contributed by atoms with Crippen LogP contribution in [-0.4, -0.2) is 24.1 Å². The highest BCUT2D eigenvalue weighted by molar-refractivity contribution is 7.99. The van der Waals surface area contributed by atoms with Crippen LogP contribution < -0.4 is 0 Å². The van der Waals surface area contributed by atoms with Crippen molar-refractivity contribution in [2.75, 3.05) is 12.9 Å². The van der Waals surface area contributed by atoms with Crippen molar-refractivity contribution in [3.8, 4) is 0 Å². The fraction of sp³-hybridized carbons (Fsp3) is 0.533. The van der Waals surface area contributed by atoms with Crippen molar-refractivity contribution in [1.29, 1.82) is 0 Å². The second kappa shape index (κ2) is 6.83. The van der Waals surface area contributed by atoms with Crippen LogP contribution in [0.2, 0.25) is 0 Å². The van der Waals surface area contributed by atoms with Crippen molar-refractivity contribution in [2.24, 2.45) is 0 Å². The molecule has 1 aromatic rings.